The van der Waals surface area contributed by atoms with Crippen molar-refractivity contribution in [1.82, 2.24) is 15.2 Å². The number of nitrogens with one attached hydrogen (secondary N) is 1. The Morgan fingerprint density at radius 2 is 1.67 bits per heavy atom. The van der Waals surface area contributed by atoms with Crippen LogP contribution in [0.25, 0.3) is 10.8 Å². The molecule has 4 rings (SSSR count). The summed E-state index contributed by atoms with van der Waals surface area (Å²) in [5.74, 6) is -0.459. The number of rotatable bonds is 4. The Bertz CT molecular complexity index is 1130. The second kappa shape index (κ2) is 8.90. The molecule has 30 heavy (non-hydrogen) atoms. The van der Waals surface area contributed by atoms with Crippen LogP contribution in [0, 0.1) is 0 Å². The molecule has 1 N–H and O–H groups in total. The highest BCUT2D eigenvalue weighted by Crippen LogP contribution is 2.19. The first-order chi connectivity index (χ1) is 14.6. The minimum absolute atomic E-state index is 0.168. The molecule has 0 spiro atoms. The first kappa shape index (κ1) is 19.8. The predicted octanol–water partition coefficient (Wildman–Crippen LogP) is 3.08. The maximum atomic E-state index is 12.6. The van der Waals surface area contributed by atoms with Gasteiger partial charge in [0.2, 0.25) is 0 Å². The molecular formula is C23H25N5O2. The van der Waals surface area contributed by atoms with Crippen LogP contribution in [0.1, 0.15) is 41.7 Å². The Balaban J connectivity index is 1.46. The third kappa shape index (κ3) is 4.25. The van der Waals surface area contributed by atoms with E-state index < -0.39 is 5.91 Å². The molecule has 7 heteroatoms. The van der Waals surface area contributed by atoms with E-state index in [1.807, 2.05) is 12.1 Å². The van der Waals surface area contributed by atoms with Gasteiger partial charge in [0.15, 0.2) is 5.69 Å². The second-order valence-corrected chi connectivity index (χ2v) is 7.51. The monoisotopic (exact) mass is 403 g/mol. The normalized spacial score (nSPS) is 14.8. The van der Waals surface area contributed by atoms with E-state index in [9.17, 15) is 9.59 Å². The van der Waals surface area contributed by atoms with Crippen molar-refractivity contribution in [1.29, 1.82) is 0 Å². The van der Waals surface area contributed by atoms with E-state index in [0.717, 1.165) is 18.7 Å². The van der Waals surface area contributed by atoms with Gasteiger partial charge in [-0.25, -0.2) is 10.1 Å². The lowest BCUT2D eigenvalue weighted by molar-refractivity contribution is 0.0950. The van der Waals surface area contributed by atoms with Gasteiger partial charge in [0, 0.05) is 31.2 Å². The Hall–Kier alpha value is -3.48. The first-order valence-corrected chi connectivity index (χ1v) is 10.3. The minimum Gasteiger partial charge on any atom is -0.372 e. The predicted molar refractivity (Wildman–Crippen MR) is 119 cm³/mol. The van der Waals surface area contributed by atoms with Crippen LogP contribution in [-0.2, 0) is 7.05 Å². The van der Waals surface area contributed by atoms with Crippen LogP contribution in [0.3, 0.4) is 0 Å². The van der Waals surface area contributed by atoms with Gasteiger partial charge in [-0.15, -0.1) is 0 Å². The van der Waals surface area contributed by atoms with E-state index in [2.05, 4.69) is 32.7 Å². The van der Waals surface area contributed by atoms with Crippen molar-refractivity contribution in [2.24, 2.45) is 12.1 Å². The average molecular weight is 403 g/mol. The maximum Gasteiger partial charge on any atom is 0.292 e. The molecule has 0 saturated carbocycles. The number of nitrogens with zero attached hydrogens (tertiary/aromatic N) is 4. The fourth-order valence-corrected chi connectivity index (χ4v) is 3.79. The molecule has 1 fully saturated rings. The molecule has 2 heterocycles. The molecule has 1 aromatic heterocycles. The van der Waals surface area contributed by atoms with Gasteiger partial charge in [-0.1, -0.05) is 43.2 Å². The fourth-order valence-electron chi connectivity index (χ4n) is 3.79. The number of carbonyl (C=O) groups is 1. The Labute approximate surface area is 175 Å². The number of aryl methyl sites for hydroxylation is 1. The van der Waals surface area contributed by atoms with Crippen LogP contribution in [-0.4, -0.2) is 35.0 Å². The maximum absolute atomic E-state index is 12.6. The van der Waals surface area contributed by atoms with Crippen molar-refractivity contribution in [2.45, 2.75) is 25.7 Å². The topological polar surface area (TPSA) is 79.6 Å². The molecule has 154 valence electrons. The highest BCUT2D eigenvalue weighted by atomic mass is 16.2. The van der Waals surface area contributed by atoms with Gasteiger partial charge in [-0.2, -0.15) is 10.2 Å². The summed E-state index contributed by atoms with van der Waals surface area (Å²) in [5, 5.41) is 9.14. The van der Waals surface area contributed by atoms with Crippen LogP contribution in [0.2, 0.25) is 0 Å². The van der Waals surface area contributed by atoms with Crippen LogP contribution in [0.15, 0.2) is 58.4 Å². The molecule has 0 bridgehead atoms. The fraction of sp³-hybridized carbons (Fsp3) is 0.304. The molecule has 0 atom stereocenters. The standard InChI is InChI=1S/C23H25N5O2/c1-27-23(30)20-9-5-4-8-19(20)21(26-27)22(29)25-24-16-17-10-12-18(13-11-17)28-14-6-2-3-7-15-28/h4-5,8-13,16H,2-3,6-7,14-15H2,1H3,(H,25,29)/b24-16-. The Morgan fingerprint density at radius 1 is 1.00 bits per heavy atom. The van der Waals surface area contributed by atoms with Crippen molar-refractivity contribution in [3.63, 3.8) is 0 Å². The summed E-state index contributed by atoms with van der Waals surface area (Å²) in [5.41, 5.74) is 4.56. The van der Waals surface area contributed by atoms with Gasteiger partial charge in [0.25, 0.3) is 11.5 Å². The van der Waals surface area contributed by atoms with E-state index in [1.165, 1.54) is 43.1 Å². The zero-order valence-corrected chi connectivity index (χ0v) is 17.0. The van der Waals surface area contributed by atoms with E-state index >= 15 is 0 Å². The molecule has 0 unspecified atom stereocenters. The first-order valence-electron chi connectivity index (χ1n) is 10.3. The van der Waals surface area contributed by atoms with Crippen LogP contribution < -0.4 is 15.9 Å². The molecular weight excluding hydrogens is 378 g/mol. The van der Waals surface area contributed by atoms with Gasteiger partial charge < -0.3 is 4.90 Å². The number of benzene rings is 2. The largest absolute Gasteiger partial charge is 0.372 e. The van der Waals surface area contributed by atoms with E-state index in [1.54, 1.807) is 30.5 Å². The minimum atomic E-state index is -0.459. The summed E-state index contributed by atoms with van der Waals surface area (Å²) >= 11 is 0. The molecule has 3 aromatic rings. The van der Waals surface area contributed by atoms with E-state index in [0.29, 0.717) is 10.8 Å². The average Bonchev–Trinajstić information content (AvgIpc) is 3.06. The van der Waals surface area contributed by atoms with Crippen molar-refractivity contribution in [2.75, 3.05) is 18.0 Å². The van der Waals surface area contributed by atoms with Gasteiger partial charge in [0.1, 0.15) is 0 Å². The van der Waals surface area contributed by atoms with Gasteiger partial charge >= 0.3 is 0 Å². The lowest BCUT2D eigenvalue weighted by atomic mass is 10.1. The number of fused-ring (bicyclic) bond motifs is 1. The van der Waals surface area contributed by atoms with Crippen molar-refractivity contribution < 1.29 is 4.79 Å². The SMILES string of the molecule is Cn1nc(C(=O)N/N=C\c2ccc(N3CCCCCC3)cc2)c2ccccc2c1=O. The quantitative estimate of drug-likeness (QED) is 0.536. The summed E-state index contributed by atoms with van der Waals surface area (Å²) in [7, 11) is 1.53. The van der Waals surface area contributed by atoms with Crippen molar-refractivity contribution in [3.8, 4) is 0 Å². The van der Waals surface area contributed by atoms with Gasteiger partial charge in [-0.05, 0) is 36.6 Å². The summed E-state index contributed by atoms with van der Waals surface area (Å²) < 4.78 is 1.17. The highest BCUT2D eigenvalue weighted by molar-refractivity contribution is 6.04. The van der Waals surface area contributed by atoms with E-state index in [4.69, 9.17) is 0 Å². The number of hydrogen-bond acceptors (Lipinski definition) is 5. The molecule has 0 aliphatic carbocycles. The Morgan fingerprint density at radius 3 is 2.37 bits per heavy atom. The van der Waals surface area contributed by atoms with E-state index in [-0.39, 0.29) is 11.3 Å². The zero-order valence-electron chi connectivity index (χ0n) is 17.0. The lowest BCUT2D eigenvalue weighted by Gasteiger charge is -2.22. The molecule has 1 saturated heterocycles. The zero-order chi connectivity index (χ0) is 20.9. The van der Waals surface area contributed by atoms with Crippen LogP contribution in [0.5, 0.6) is 0 Å². The summed E-state index contributed by atoms with van der Waals surface area (Å²) in [6.45, 7) is 2.20. The van der Waals surface area contributed by atoms with Crippen molar-refractivity contribution >= 4 is 28.6 Å². The van der Waals surface area contributed by atoms with Gasteiger partial charge in [0.05, 0.1) is 11.6 Å². The summed E-state index contributed by atoms with van der Waals surface area (Å²) in [6, 6.07) is 15.1. The van der Waals surface area contributed by atoms with Crippen LogP contribution >= 0.6 is 0 Å². The molecule has 2 aromatic carbocycles. The second-order valence-electron chi connectivity index (χ2n) is 7.51. The van der Waals surface area contributed by atoms with Crippen LogP contribution in [0.4, 0.5) is 5.69 Å². The van der Waals surface area contributed by atoms with Crippen molar-refractivity contribution in [3.05, 3.63) is 70.1 Å². The number of hydrazone groups is 1. The van der Waals surface area contributed by atoms with Gasteiger partial charge in [-0.3, -0.25) is 9.59 Å². The highest BCUT2D eigenvalue weighted by Gasteiger charge is 2.15. The molecule has 1 aliphatic rings. The number of hydrogen-bond donors (Lipinski definition) is 1. The molecule has 1 aliphatic heterocycles. The Kier molecular flexibility index (Phi) is 5.88. The molecule has 1 amide bonds. The third-order valence-electron chi connectivity index (χ3n) is 5.42. The summed E-state index contributed by atoms with van der Waals surface area (Å²) in [6.07, 6.45) is 6.70. The number of amides is 1. The lowest BCUT2D eigenvalue weighted by Crippen LogP contribution is -2.27. The molecule has 7 nitrogen and oxygen atoms in total. The number of carbonyl (C=O) groups excluding carboxylic acids is 1. The smallest absolute Gasteiger partial charge is 0.292 e. The number of aromatic nitrogens is 2. The summed E-state index contributed by atoms with van der Waals surface area (Å²) in [4.78, 5) is 27.2. The third-order valence-corrected chi connectivity index (χ3v) is 5.42. The molecule has 0 radical (unpaired) electrons. The number of anilines is 1.